The molecule has 0 saturated heterocycles. The van der Waals surface area contributed by atoms with E-state index in [1.165, 1.54) is 49.9 Å². The third kappa shape index (κ3) is 2.49. The number of nitrogens with zero attached hydrogens (tertiary/aromatic N) is 3. The second-order valence-corrected chi connectivity index (χ2v) is 6.52. The lowest BCUT2D eigenvalue weighted by atomic mass is 9.77. The molecule has 3 rings (SSSR count). The smallest absolute Gasteiger partial charge is 0.0954 e. The SMILES string of the molecule is CCCC1CCC(C#N)C(n2cnc3c2CCCC3)C1. The number of hydrogen-bond acceptors (Lipinski definition) is 2. The van der Waals surface area contributed by atoms with Crippen LogP contribution in [0.4, 0.5) is 0 Å². The van der Waals surface area contributed by atoms with Crippen LogP contribution in [-0.2, 0) is 12.8 Å². The van der Waals surface area contributed by atoms with E-state index < -0.39 is 0 Å². The number of nitriles is 1. The molecule has 0 spiro atoms. The Labute approximate surface area is 122 Å². The molecular weight excluding hydrogens is 246 g/mol. The molecule has 20 heavy (non-hydrogen) atoms. The third-order valence-corrected chi connectivity index (χ3v) is 5.21. The van der Waals surface area contributed by atoms with Gasteiger partial charge in [-0.15, -0.1) is 0 Å². The molecule has 0 bridgehead atoms. The van der Waals surface area contributed by atoms with Crippen molar-refractivity contribution in [3.8, 4) is 6.07 Å². The molecule has 3 atom stereocenters. The number of fused-ring (bicyclic) bond motifs is 1. The number of rotatable bonds is 3. The van der Waals surface area contributed by atoms with E-state index in [0.717, 1.165) is 25.2 Å². The van der Waals surface area contributed by atoms with Gasteiger partial charge in [0.05, 0.1) is 30.1 Å². The van der Waals surface area contributed by atoms with Gasteiger partial charge in [0.15, 0.2) is 0 Å². The van der Waals surface area contributed by atoms with Gasteiger partial charge in [-0.1, -0.05) is 19.8 Å². The van der Waals surface area contributed by atoms with Crippen molar-refractivity contribution in [3.63, 3.8) is 0 Å². The number of imidazole rings is 1. The van der Waals surface area contributed by atoms with Crippen LogP contribution >= 0.6 is 0 Å². The van der Waals surface area contributed by atoms with Crippen molar-refractivity contribution >= 4 is 0 Å². The first-order valence-corrected chi connectivity index (χ1v) is 8.27. The van der Waals surface area contributed by atoms with Gasteiger partial charge in [0.2, 0.25) is 0 Å². The summed E-state index contributed by atoms with van der Waals surface area (Å²) < 4.78 is 2.38. The van der Waals surface area contributed by atoms with E-state index in [4.69, 9.17) is 0 Å². The van der Waals surface area contributed by atoms with Crippen molar-refractivity contribution in [2.45, 2.75) is 70.8 Å². The Morgan fingerprint density at radius 3 is 3.00 bits per heavy atom. The second-order valence-electron chi connectivity index (χ2n) is 6.52. The van der Waals surface area contributed by atoms with Gasteiger partial charge >= 0.3 is 0 Å². The largest absolute Gasteiger partial charge is 0.330 e. The highest BCUT2D eigenvalue weighted by molar-refractivity contribution is 5.18. The van der Waals surface area contributed by atoms with E-state index in [1.54, 1.807) is 0 Å². The summed E-state index contributed by atoms with van der Waals surface area (Å²) in [6, 6.07) is 2.94. The van der Waals surface area contributed by atoms with Gasteiger partial charge in [-0.3, -0.25) is 0 Å². The third-order valence-electron chi connectivity index (χ3n) is 5.21. The highest BCUT2D eigenvalue weighted by Crippen LogP contribution is 2.40. The van der Waals surface area contributed by atoms with Crippen molar-refractivity contribution in [1.29, 1.82) is 5.26 Å². The molecule has 0 N–H and O–H groups in total. The Kier molecular flexibility index (Phi) is 4.10. The van der Waals surface area contributed by atoms with Crippen molar-refractivity contribution < 1.29 is 0 Å². The van der Waals surface area contributed by atoms with Crippen LogP contribution in [-0.4, -0.2) is 9.55 Å². The number of aromatic nitrogens is 2. The van der Waals surface area contributed by atoms with Gasteiger partial charge in [-0.05, 0) is 50.9 Å². The van der Waals surface area contributed by atoms with Gasteiger partial charge in [0.1, 0.15) is 0 Å². The van der Waals surface area contributed by atoms with Crippen LogP contribution in [0.3, 0.4) is 0 Å². The molecule has 0 radical (unpaired) electrons. The first-order valence-electron chi connectivity index (χ1n) is 8.27. The van der Waals surface area contributed by atoms with Crippen molar-refractivity contribution in [3.05, 3.63) is 17.7 Å². The van der Waals surface area contributed by atoms with E-state index in [2.05, 4.69) is 22.5 Å². The van der Waals surface area contributed by atoms with Crippen molar-refractivity contribution in [2.75, 3.05) is 0 Å². The fraction of sp³-hybridized carbons (Fsp3) is 0.765. The molecule has 1 heterocycles. The second kappa shape index (κ2) is 5.99. The molecule has 2 aliphatic rings. The lowest BCUT2D eigenvalue weighted by Gasteiger charge is -2.35. The molecule has 3 nitrogen and oxygen atoms in total. The fourth-order valence-electron chi connectivity index (χ4n) is 4.14. The molecule has 1 saturated carbocycles. The first kappa shape index (κ1) is 13.7. The predicted octanol–water partition coefficient (Wildman–Crippen LogP) is 4.04. The summed E-state index contributed by atoms with van der Waals surface area (Å²) in [5.74, 6) is 0.986. The average molecular weight is 271 g/mol. The summed E-state index contributed by atoms with van der Waals surface area (Å²) in [5, 5.41) is 9.50. The molecule has 2 aliphatic carbocycles. The van der Waals surface area contributed by atoms with Crippen LogP contribution in [0.2, 0.25) is 0 Å². The number of aryl methyl sites for hydroxylation is 1. The molecule has 108 valence electrons. The van der Waals surface area contributed by atoms with Gasteiger partial charge in [-0.25, -0.2) is 4.98 Å². The number of hydrogen-bond donors (Lipinski definition) is 0. The highest BCUT2D eigenvalue weighted by atomic mass is 15.1. The maximum absolute atomic E-state index is 9.50. The molecule has 1 aromatic heterocycles. The summed E-state index contributed by atoms with van der Waals surface area (Å²) in [7, 11) is 0. The quantitative estimate of drug-likeness (QED) is 0.832. The fourth-order valence-corrected chi connectivity index (χ4v) is 4.14. The molecule has 1 aromatic rings. The summed E-state index contributed by atoms with van der Waals surface area (Å²) in [4.78, 5) is 4.63. The summed E-state index contributed by atoms with van der Waals surface area (Å²) >= 11 is 0. The van der Waals surface area contributed by atoms with E-state index in [-0.39, 0.29) is 5.92 Å². The van der Waals surface area contributed by atoms with Crippen molar-refractivity contribution in [1.82, 2.24) is 9.55 Å². The minimum atomic E-state index is 0.184. The maximum atomic E-state index is 9.50. The predicted molar refractivity (Wildman–Crippen MR) is 79.3 cm³/mol. The average Bonchev–Trinajstić information content (AvgIpc) is 2.91. The molecule has 0 aliphatic heterocycles. The van der Waals surface area contributed by atoms with E-state index >= 15 is 0 Å². The zero-order valence-corrected chi connectivity index (χ0v) is 12.5. The van der Waals surface area contributed by atoms with Crippen LogP contribution in [0.5, 0.6) is 0 Å². The Morgan fingerprint density at radius 2 is 2.20 bits per heavy atom. The van der Waals surface area contributed by atoms with Crippen LogP contribution in [0, 0.1) is 23.2 Å². The Hall–Kier alpha value is -1.30. The normalized spacial score (nSPS) is 29.7. The maximum Gasteiger partial charge on any atom is 0.0954 e. The molecule has 0 aromatic carbocycles. The van der Waals surface area contributed by atoms with Gasteiger partial charge in [0, 0.05) is 5.69 Å². The Bertz CT molecular complexity index is 497. The molecule has 0 amide bonds. The summed E-state index contributed by atoms with van der Waals surface area (Å²) in [6.07, 6.45) is 12.9. The molecule has 3 heteroatoms. The van der Waals surface area contributed by atoms with Gasteiger partial charge in [0.25, 0.3) is 0 Å². The lowest BCUT2D eigenvalue weighted by Crippen LogP contribution is -2.28. The topological polar surface area (TPSA) is 41.6 Å². The first-order chi connectivity index (χ1) is 9.83. The van der Waals surface area contributed by atoms with Crippen LogP contribution in [0.15, 0.2) is 6.33 Å². The minimum absolute atomic E-state index is 0.184. The van der Waals surface area contributed by atoms with Crippen LogP contribution in [0.25, 0.3) is 0 Å². The van der Waals surface area contributed by atoms with E-state index in [1.807, 2.05) is 6.33 Å². The van der Waals surface area contributed by atoms with E-state index in [0.29, 0.717) is 6.04 Å². The van der Waals surface area contributed by atoms with Crippen molar-refractivity contribution in [2.24, 2.45) is 11.8 Å². The monoisotopic (exact) mass is 271 g/mol. The van der Waals surface area contributed by atoms with Gasteiger partial charge < -0.3 is 4.57 Å². The van der Waals surface area contributed by atoms with Gasteiger partial charge in [-0.2, -0.15) is 5.26 Å². The van der Waals surface area contributed by atoms with E-state index in [9.17, 15) is 5.26 Å². The molecular formula is C17H25N3. The molecule has 1 fully saturated rings. The summed E-state index contributed by atoms with van der Waals surface area (Å²) in [6.45, 7) is 2.27. The standard InChI is InChI=1S/C17H25N3/c1-2-5-13-8-9-14(11-18)17(10-13)20-12-19-15-6-3-4-7-16(15)20/h12-14,17H,2-10H2,1H3. The highest BCUT2D eigenvalue weighted by Gasteiger charge is 2.33. The lowest BCUT2D eigenvalue weighted by molar-refractivity contribution is 0.207. The zero-order valence-electron chi connectivity index (χ0n) is 12.5. The Morgan fingerprint density at radius 1 is 1.35 bits per heavy atom. The summed E-state index contributed by atoms with van der Waals surface area (Å²) in [5.41, 5.74) is 2.73. The van der Waals surface area contributed by atoms with Crippen LogP contribution < -0.4 is 0 Å². The van der Waals surface area contributed by atoms with Crippen LogP contribution in [0.1, 0.15) is 69.3 Å². The molecule has 3 unspecified atom stereocenters. The minimum Gasteiger partial charge on any atom is -0.330 e. The Balaban J connectivity index is 1.85. The zero-order chi connectivity index (χ0) is 13.9.